The molecule has 2 rings (SSSR count). The number of carbonyl (C=O) groups excluding carboxylic acids is 1. The Labute approximate surface area is 122 Å². The topological polar surface area (TPSA) is 41.6 Å². The van der Waals surface area contributed by atoms with Gasteiger partial charge < -0.3 is 10.1 Å². The van der Waals surface area contributed by atoms with E-state index >= 15 is 0 Å². The molecule has 0 bridgehead atoms. The van der Waals surface area contributed by atoms with Crippen molar-refractivity contribution in [1.82, 2.24) is 4.90 Å². The number of rotatable bonds is 3. The molecule has 0 aliphatic carbocycles. The Kier molecular flexibility index (Phi) is 4.96. The average molecular weight is 301 g/mol. The quantitative estimate of drug-likeness (QED) is 0.932. The van der Waals surface area contributed by atoms with Crippen molar-refractivity contribution in [2.75, 3.05) is 25.0 Å². The van der Waals surface area contributed by atoms with Gasteiger partial charge in [0.25, 0.3) is 0 Å². The molecule has 0 aromatic heterocycles. The number of amides is 1. The Balaban J connectivity index is 1.92. The molecule has 0 spiro atoms. The number of anilines is 1. The highest BCUT2D eigenvalue weighted by molar-refractivity contribution is 6.33. The molecule has 2 atom stereocenters. The maximum Gasteiger partial charge on any atom is 0.238 e. The van der Waals surface area contributed by atoms with E-state index in [0.717, 1.165) is 13.1 Å². The lowest BCUT2D eigenvalue weighted by Gasteiger charge is -2.34. The van der Waals surface area contributed by atoms with Crippen molar-refractivity contribution < 1.29 is 13.9 Å². The number of hydrogen-bond acceptors (Lipinski definition) is 3. The molecule has 1 aliphatic rings. The van der Waals surface area contributed by atoms with Crippen LogP contribution in [0.5, 0.6) is 0 Å². The summed E-state index contributed by atoms with van der Waals surface area (Å²) in [6, 6.07) is 3.90. The Morgan fingerprint density at radius 2 is 2.10 bits per heavy atom. The number of carbonyl (C=O) groups is 1. The molecule has 1 aromatic rings. The molecule has 4 nitrogen and oxygen atoms in total. The van der Waals surface area contributed by atoms with E-state index in [1.165, 1.54) is 18.2 Å². The van der Waals surface area contributed by atoms with E-state index in [1.807, 2.05) is 18.7 Å². The monoisotopic (exact) mass is 300 g/mol. The Morgan fingerprint density at radius 1 is 1.45 bits per heavy atom. The summed E-state index contributed by atoms with van der Waals surface area (Å²) in [5.74, 6) is -0.594. The summed E-state index contributed by atoms with van der Waals surface area (Å²) in [6.07, 6.45) is 0.224. The zero-order valence-corrected chi connectivity index (χ0v) is 12.3. The Morgan fingerprint density at radius 3 is 2.70 bits per heavy atom. The van der Waals surface area contributed by atoms with Crippen molar-refractivity contribution in [3.63, 3.8) is 0 Å². The fraction of sp³-hybridized carbons (Fsp3) is 0.500. The molecule has 1 N–H and O–H groups in total. The van der Waals surface area contributed by atoms with Crippen LogP contribution in [-0.2, 0) is 9.53 Å². The fourth-order valence-corrected chi connectivity index (χ4v) is 2.61. The van der Waals surface area contributed by atoms with Crippen LogP contribution in [0.1, 0.15) is 13.8 Å². The highest BCUT2D eigenvalue weighted by Crippen LogP contribution is 2.22. The van der Waals surface area contributed by atoms with Crippen molar-refractivity contribution in [1.29, 1.82) is 0 Å². The van der Waals surface area contributed by atoms with Gasteiger partial charge in [0.2, 0.25) is 5.91 Å². The van der Waals surface area contributed by atoms with Crippen LogP contribution in [0.25, 0.3) is 0 Å². The number of hydrogen-bond donors (Lipinski definition) is 1. The minimum atomic E-state index is -0.427. The van der Waals surface area contributed by atoms with Gasteiger partial charge in [0.1, 0.15) is 5.82 Å². The first-order chi connectivity index (χ1) is 9.44. The predicted octanol–water partition coefficient (Wildman–Crippen LogP) is 2.53. The maximum absolute atomic E-state index is 12.9. The summed E-state index contributed by atoms with van der Waals surface area (Å²) >= 11 is 5.87. The number of morpholine rings is 1. The number of nitrogens with zero attached hydrogens (tertiary/aromatic N) is 1. The molecule has 2 unspecified atom stereocenters. The minimum Gasteiger partial charge on any atom is -0.373 e. The third-order valence-corrected chi connectivity index (χ3v) is 3.38. The van der Waals surface area contributed by atoms with E-state index in [-0.39, 0.29) is 29.7 Å². The molecule has 1 heterocycles. The van der Waals surface area contributed by atoms with Crippen molar-refractivity contribution >= 4 is 23.2 Å². The van der Waals surface area contributed by atoms with Gasteiger partial charge in [-0.05, 0) is 32.0 Å². The van der Waals surface area contributed by atoms with Gasteiger partial charge >= 0.3 is 0 Å². The highest BCUT2D eigenvalue weighted by Gasteiger charge is 2.23. The number of halogens is 2. The smallest absolute Gasteiger partial charge is 0.238 e. The average Bonchev–Trinajstić information content (AvgIpc) is 2.31. The van der Waals surface area contributed by atoms with Crippen molar-refractivity contribution in [3.8, 4) is 0 Å². The summed E-state index contributed by atoms with van der Waals surface area (Å²) in [6.45, 7) is 5.67. The van der Waals surface area contributed by atoms with Crippen LogP contribution in [0.3, 0.4) is 0 Å². The number of ether oxygens (including phenoxy) is 1. The summed E-state index contributed by atoms with van der Waals surface area (Å²) in [7, 11) is 0. The van der Waals surface area contributed by atoms with Crippen LogP contribution in [0.4, 0.5) is 10.1 Å². The molecule has 1 aliphatic heterocycles. The standard InChI is InChI=1S/C14H18ClFN2O2/c1-9-6-18(7-10(2)20-9)8-14(19)17-13-4-3-11(16)5-12(13)15/h3-5,9-10H,6-8H2,1-2H3,(H,17,19). The molecule has 1 aromatic carbocycles. The molecule has 20 heavy (non-hydrogen) atoms. The maximum atomic E-state index is 12.9. The molecule has 1 saturated heterocycles. The summed E-state index contributed by atoms with van der Waals surface area (Å²) in [5, 5.41) is 2.89. The Hall–Kier alpha value is -1.17. The second-order valence-corrected chi connectivity index (χ2v) is 5.53. The SMILES string of the molecule is CC1CN(CC(=O)Nc2ccc(F)cc2Cl)CC(C)O1. The van der Waals surface area contributed by atoms with Gasteiger partial charge in [-0.3, -0.25) is 9.69 Å². The van der Waals surface area contributed by atoms with Gasteiger partial charge in [-0.15, -0.1) is 0 Å². The largest absolute Gasteiger partial charge is 0.373 e. The third-order valence-electron chi connectivity index (χ3n) is 3.07. The van der Waals surface area contributed by atoms with E-state index in [9.17, 15) is 9.18 Å². The molecule has 0 saturated carbocycles. The first-order valence-corrected chi connectivity index (χ1v) is 6.94. The lowest BCUT2D eigenvalue weighted by atomic mass is 10.2. The number of benzene rings is 1. The van der Waals surface area contributed by atoms with Crippen molar-refractivity contribution in [3.05, 3.63) is 29.0 Å². The van der Waals surface area contributed by atoms with Crippen LogP contribution < -0.4 is 5.32 Å². The molecule has 110 valence electrons. The van der Waals surface area contributed by atoms with Crippen LogP contribution in [0, 0.1) is 5.82 Å². The molecule has 0 radical (unpaired) electrons. The molecular weight excluding hydrogens is 283 g/mol. The van der Waals surface area contributed by atoms with E-state index in [4.69, 9.17) is 16.3 Å². The minimum absolute atomic E-state index is 0.112. The van der Waals surface area contributed by atoms with Gasteiger partial charge in [0.15, 0.2) is 0 Å². The normalized spacial score (nSPS) is 23.6. The van der Waals surface area contributed by atoms with E-state index < -0.39 is 5.82 Å². The van der Waals surface area contributed by atoms with Crippen LogP contribution >= 0.6 is 11.6 Å². The lowest BCUT2D eigenvalue weighted by Crippen LogP contribution is -2.48. The van der Waals surface area contributed by atoms with Gasteiger partial charge in [0.05, 0.1) is 29.5 Å². The number of nitrogens with one attached hydrogen (secondary N) is 1. The third kappa shape index (κ3) is 4.16. The fourth-order valence-electron chi connectivity index (χ4n) is 2.40. The van der Waals surface area contributed by atoms with Crippen molar-refractivity contribution in [2.45, 2.75) is 26.1 Å². The molecule has 1 fully saturated rings. The summed E-state index contributed by atoms with van der Waals surface area (Å²) < 4.78 is 18.5. The van der Waals surface area contributed by atoms with Gasteiger partial charge in [-0.2, -0.15) is 0 Å². The van der Waals surface area contributed by atoms with Crippen molar-refractivity contribution in [2.24, 2.45) is 0 Å². The molecule has 1 amide bonds. The lowest BCUT2D eigenvalue weighted by molar-refractivity contribution is -0.121. The van der Waals surface area contributed by atoms with Crippen LogP contribution in [0.15, 0.2) is 18.2 Å². The summed E-state index contributed by atoms with van der Waals surface area (Å²) in [4.78, 5) is 14.0. The second-order valence-electron chi connectivity index (χ2n) is 5.12. The van der Waals surface area contributed by atoms with E-state index in [1.54, 1.807) is 0 Å². The van der Waals surface area contributed by atoms with Crippen LogP contribution in [0.2, 0.25) is 5.02 Å². The van der Waals surface area contributed by atoms with E-state index in [2.05, 4.69) is 5.32 Å². The first kappa shape index (κ1) is 15.2. The molecular formula is C14H18ClFN2O2. The van der Waals surface area contributed by atoms with Gasteiger partial charge in [0, 0.05) is 13.1 Å². The van der Waals surface area contributed by atoms with Crippen LogP contribution in [-0.4, -0.2) is 42.6 Å². The second kappa shape index (κ2) is 6.52. The Bertz CT molecular complexity index is 488. The zero-order valence-electron chi connectivity index (χ0n) is 11.5. The predicted molar refractivity (Wildman–Crippen MR) is 76.5 cm³/mol. The zero-order chi connectivity index (χ0) is 14.7. The summed E-state index contributed by atoms with van der Waals surface area (Å²) in [5.41, 5.74) is 0.424. The van der Waals surface area contributed by atoms with Gasteiger partial charge in [-0.25, -0.2) is 4.39 Å². The van der Waals surface area contributed by atoms with Gasteiger partial charge in [-0.1, -0.05) is 11.6 Å². The highest BCUT2D eigenvalue weighted by atomic mass is 35.5. The van der Waals surface area contributed by atoms with E-state index in [0.29, 0.717) is 5.69 Å². The first-order valence-electron chi connectivity index (χ1n) is 6.56. The molecule has 6 heteroatoms.